The minimum atomic E-state index is -3.86. The van der Waals surface area contributed by atoms with E-state index in [0.717, 1.165) is 10.7 Å². The number of carbonyl (C=O) groups is 1. The Labute approximate surface area is 133 Å². The lowest BCUT2D eigenvalue weighted by atomic mass is 10.1. The zero-order chi connectivity index (χ0) is 16.5. The number of benzene rings is 1. The molecule has 3 N–H and O–H groups in total. The molecule has 0 aliphatic rings. The average molecular weight is 339 g/mol. The molecule has 0 saturated heterocycles. The van der Waals surface area contributed by atoms with Gasteiger partial charge in [-0.2, -0.15) is 0 Å². The first kappa shape index (κ1) is 16.6. The third-order valence-electron chi connectivity index (χ3n) is 3.14. The lowest BCUT2D eigenvalue weighted by Gasteiger charge is -2.11. The molecule has 118 valence electrons. The highest BCUT2D eigenvalue weighted by molar-refractivity contribution is 7.89. The van der Waals surface area contributed by atoms with E-state index in [1.165, 1.54) is 17.4 Å². The first-order valence-electron chi connectivity index (χ1n) is 6.51. The van der Waals surface area contributed by atoms with E-state index >= 15 is 0 Å². The third kappa shape index (κ3) is 3.70. The Morgan fingerprint density at radius 1 is 1.27 bits per heavy atom. The summed E-state index contributed by atoms with van der Waals surface area (Å²) in [4.78, 5) is 16.5. The van der Waals surface area contributed by atoms with Crippen molar-refractivity contribution in [2.75, 3.05) is 0 Å². The summed E-state index contributed by atoms with van der Waals surface area (Å²) in [6.45, 7) is 5.58. The zero-order valence-electron chi connectivity index (χ0n) is 12.5. The Morgan fingerprint density at radius 2 is 1.95 bits per heavy atom. The zero-order valence-corrected chi connectivity index (χ0v) is 14.1. The summed E-state index contributed by atoms with van der Waals surface area (Å²) in [5, 5.41) is 10.6. The molecule has 0 saturated carbocycles. The van der Waals surface area contributed by atoms with E-state index in [4.69, 9.17) is 5.14 Å². The van der Waals surface area contributed by atoms with Crippen molar-refractivity contribution in [3.63, 3.8) is 0 Å². The Hall–Kier alpha value is -1.77. The van der Waals surface area contributed by atoms with Crippen LogP contribution in [-0.2, 0) is 16.6 Å². The van der Waals surface area contributed by atoms with E-state index in [1.807, 2.05) is 12.3 Å². The second-order valence-electron chi connectivity index (χ2n) is 5.04. The fraction of sp³-hybridized carbons (Fsp3) is 0.286. The normalized spacial score (nSPS) is 11.5. The third-order valence-corrected chi connectivity index (χ3v) is 5.16. The molecule has 0 spiro atoms. The molecule has 6 nitrogen and oxygen atoms in total. The summed E-state index contributed by atoms with van der Waals surface area (Å²) >= 11 is 1.46. The van der Waals surface area contributed by atoms with Crippen LogP contribution in [-0.4, -0.2) is 19.3 Å². The number of rotatable bonds is 4. The lowest BCUT2D eigenvalue weighted by molar-refractivity contribution is 0.0950. The fourth-order valence-corrected chi connectivity index (χ4v) is 3.62. The number of carbonyl (C=O) groups excluding carboxylic acids is 1. The molecule has 0 aliphatic carbocycles. The van der Waals surface area contributed by atoms with E-state index in [2.05, 4.69) is 10.3 Å². The highest BCUT2D eigenvalue weighted by Crippen LogP contribution is 2.19. The first-order valence-corrected chi connectivity index (χ1v) is 8.94. The van der Waals surface area contributed by atoms with Gasteiger partial charge in [0.1, 0.15) is 5.01 Å². The molecule has 2 aromatic rings. The predicted molar refractivity (Wildman–Crippen MR) is 85.3 cm³/mol. The molecule has 1 amide bonds. The monoisotopic (exact) mass is 339 g/mol. The minimum Gasteiger partial charge on any atom is -0.346 e. The summed E-state index contributed by atoms with van der Waals surface area (Å²) in [7, 11) is -3.86. The number of primary sulfonamides is 1. The Bertz CT molecular complexity index is 826. The van der Waals surface area contributed by atoms with Gasteiger partial charge in [0.05, 0.1) is 11.4 Å². The first-order chi connectivity index (χ1) is 10.2. The average Bonchev–Trinajstić information content (AvgIpc) is 2.80. The van der Waals surface area contributed by atoms with Crippen LogP contribution in [0.25, 0.3) is 0 Å². The van der Waals surface area contributed by atoms with Crippen molar-refractivity contribution >= 4 is 27.3 Å². The van der Waals surface area contributed by atoms with E-state index in [9.17, 15) is 13.2 Å². The van der Waals surface area contributed by atoms with Gasteiger partial charge in [0.15, 0.2) is 0 Å². The van der Waals surface area contributed by atoms with Gasteiger partial charge in [-0.15, -0.1) is 11.3 Å². The molecule has 1 aromatic heterocycles. The van der Waals surface area contributed by atoms with Gasteiger partial charge >= 0.3 is 0 Å². The van der Waals surface area contributed by atoms with Crippen LogP contribution < -0.4 is 10.5 Å². The van der Waals surface area contributed by atoms with Crippen molar-refractivity contribution in [3.8, 4) is 0 Å². The van der Waals surface area contributed by atoms with Gasteiger partial charge in [0.25, 0.3) is 5.91 Å². The van der Waals surface area contributed by atoms with Crippen molar-refractivity contribution < 1.29 is 13.2 Å². The highest BCUT2D eigenvalue weighted by Gasteiger charge is 2.17. The predicted octanol–water partition coefficient (Wildman–Crippen LogP) is 1.65. The van der Waals surface area contributed by atoms with Gasteiger partial charge in [-0.1, -0.05) is 6.07 Å². The number of nitrogens with one attached hydrogen (secondary N) is 1. The molecule has 2 rings (SSSR count). The lowest BCUT2D eigenvalue weighted by Crippen LogP contribution is -2.24. The number of nitrogens with two attached hydrogens (primary N) is 1. The molecule has 0 fully saturated rings. The largest absolute Gasteiger partial charge is 0.346 e. The fourth-order valence-electron chi connectivity index (χ4n) is 2.12. The van der Waals surface area contributed by atoms with Gasteiger partial charge in [0, 0.05) is 16.6 Å². The second-order valence-corrected chi connectivity index (χ2v) is 7.52. The van der Waals surface area contributed by atoms with Gasteiger partial charge < -0.3 is 5.32 Å². The van der Waals surface area contributed by atoms with Crippen molar-refractivity contribution in [3.05, 3.63) is 44.9 Å². The molecule has 0 aliphatic heterocycles. The standard InChI is InChI=1S/C14H17N3O3S2/c1-8-4-9(2)12(22(15,19)20)5-11(8)14(18)16-6-13-17-10(3)7-21-13/h4-5,7H,6H2,1-3H3,(H,16,18)(H2,15,19,20). The molecule has 0 atom stereocenters. The van der Waals surface area contributed by atoms with Crippen LogP contribution >= 0.6 is 11.3 Å². The van der Waals surface area contributed by atoms with Crippen molar-refractivity contribution in [1.29, 1.82) is 0 Å². The topological polar surface area (TPSA) is 102 Å². The molecular weight excluding hydrogens is 322 g/mol. The Morgan fingerprint density at radius 3 is 2.50 bits per heavy atom. The van der Waals surface area contributed by atoms with Gasteiger partial charge in [-0.25, -0.2) is 18.5 Å². The second kappa shape index (κ2) is 6.15. The van der Waals surface area contributed by atoms with Gasteiger partial charge in [-0.05, 0) is 38.0 Å². The molecule has 8 heteroatoms. The number of aromatic nitrogens is 1. The smallest absolute Gasteiger partial charge is 0.251 e. The van der Waals surface area contributed by atoms with Crippen molar-refractivity contribution in [2.24, 2.45) is 5.14 Å². The van der Waals surface area contributed by atoms with E-state index in [1.54, 1.807) is 19.9 Å². The van der Waals surface area contributed by atoms with Crippen LogP contribution in [0.2, 0.25) is 0 Å². The summed E-state index contributed by atoms with van der Waals surface area (Å²) < 4.78 is 23.1. The van der Waals surface area contributed by atoms with E-state index < -0.39 is 10.0 Å². The van der Waals surface area contributed by atoms with Crippen LogP contribution in [0.4, 0.5) is 0 Å². The maximum Gasteiger partial charge on any atom is 0.251 e. The maximum absolute atomic E-state index is 12.3. The SMILES string of the molecule is Cc1csc(CNC(=O)c2cc(S(N)(=O)=O)c(C)cc2C)n1. The number of nitrogens with zero attached hydrogens (tertiary/aromatic N) is 1. The number of sulfonamides is 1. The van der Waals surface area contributed by atoms with Crippen LogP contribution in [0.1, 0.15) is 32.2 Å². The molecule has 0 radical (unpaired) electrons. The number of hydrogen-bond donors (Lipinski definition) is 2. The molecule has 1 heterocycles. The maximum atomic E-state index is 12.3. The minimum absolute atomic E-state index is 0.0339. The number of thiazole rings is 1. The van der Waals surface area contributed by atoms with Crippen molar-refractivity contribution in [1.82, 2.24) is 10.3 Å². The van der Waals surface area contributed by atoms with Crippen molar-refractivity contribution in [2.45, 2.75) is 32.2 Å². The molecule has 1 aromatic carbocycles. The number of hydrogen-bond acceptors (Lipinski definition) is 5. The molecule has 0 bridgehead atoms. The molecule has 0 unspecified atom stereocenters. The van der Waals surface area contributed by atoms with E-state index in [0.29, 0.717) is 23.2 Å². The molecular formula is C14H17N3O3S2. The van der Waals surface area contributed by atoms with Crippen LogP contribution in [0.15, 0.2) is 22.4 Å². The van der Waals surface area contributed by atoms with Gasteiger partial charge in [0.2, 0.25) is 10.0 Å². The summed E-state index contributed by atoms with van der Waals surface area (Å²) in [6.07, 6.45) is 0. The number of amides is 1. The van der Waals surface area contributed by atoms with Crippen LogP contribution in [0.5, 0.6) is 0 Å². The highest BCUT2D eigenvalue weighted by atomic mass is 32.2. The van der Waals surface area contributed by atoms with Crippen LogP contribution in [0, 0.1) is 20.8 Å². The van der Waals surface area contributed by atoms with Gasteiger partial charge in [-0.3, -0.25) is 4.79 Å². The Balaban J connectivity index is 2.26. The van der Waals surface area contributed by atoms with E-state index in [-0.39, 0.29) is 10.8 Å². The van der Waals surface area contributed by atoms with Crippen LogP contribution in [0.3, 0.4) is 0 Å². The number of aryl methyl sites for hydroxylation is 3. The summed E-state index contributed by atoms with van der Waals surface area (Å²) in [5.41, 5.74) is 2.41. The summed E-state index contributed by atoms with van der Waals surface area (Å²) in [6, 6.07) is 2.96. The summed E-state index contributed by atoms with van der Waals surface area (Å²) in [5.74, 6) is -0.352. The molecule has 22 heavy (non-hydrogen) atoms. The quantitative estimate of drug-likeness (QED) is 0.884. The Kier molecular flexibility index (Phi) is 4.64.